The molecular formula is C65H56N5OPt-3. The van der Waals surface area contributed by atoms with Crippen molar-refractivity contribution in [1.29, 1.82) is 0 Å². The van der Waals surface area contributed by atoms with Crippen LogP contribution in [-0.4, -0.2) is 19.1 Å². The number of hydrogen-bond acceptors (Lipinski definition) is 4. The monoisotopic (exact) mass is 1130 g/mol. The average molecular weight is 1130 g/mol. The molecule has 1 aliphatic heterocycles. The number of nitrogens with zero attached hydrogens (tertiary/aromatic N) is 5. The molecular weight excluding hydrogens is 1060 g/mol. The van der Waals surface area contributed by atoms with E-state index < -0.39 is 31.4 Å². The van der Waals surface area contributed by atoms with Gasteiger partial charge in [-0.25, -0.2) is 4.98 Å². The Bertz CT molecular complexity index is 4350. The number of hydrogen-bond donors (Lipinski definition) is 0. The molecule has 6 nitrogen and oxygen atoms in total. The Hall–Kier alpha value is -7.40. The van der Waals surface area contributed by atoms with Gasteiger partial charge in [0.2, 0.25) is 0 Å². The smallest absolute Gasteiger partial charge is 0.135 e. The Balaban J connectivity index is 0.00000690. The van der Waals surface area contributed by atoms with Crippen LogP contribution in [0.1, 0.15) is 91.1 Å². The summed E-state index contributed by atoms with van der Waals surface area (Å²) in [5, 5.41) is 7.63. The quantitative estimate of drug-likeness (QED) is 0.161. The Kier molecular flexibility index (Phi) is 9.05. The molecule has 4 aromatic heterocycles. The largest absolute Gasteiger partial charge is 0.484 e. The van der Waals surface area contributed by atoms with Gasteiger partial charge in [0.15, 0.2) is 0 Å². The maximum Gasteiger partial charge on any atom is 0.135 e. The Morgan fingerprint density at radius 1 is 0.528 bits per heavy atom. The zero-order valence-corrected chi connectivity index (χ0v) is 43.0. The zero-order valence-electron chi connectivity index (χ0n) is 49.7. The molecule has 7 aromatic carbocycles. The fourth-order valence-corrected chi connectivity index (χ4v) is 10.2. The van der Waals surface area contributed by atoms with E-state index in [4.69, 9.17) is 22.1 Å². The summed E-state index contributed by atoms with van der Waals surface area (Å²) in [6, 6.07) is 58.6. The maximum absolute atomic E-state index is 8.78. The molecule has 12 rings (SSSR count). The molecule has 0 N–H and O–H groups in total. The van der Waals surface area contributed by atoms with Crippen LogP contribution in [0.25, 0.3) is 82.1 Å². The van der Waals surface area contributed by atoms with Crippen LogP contribution >= 0.6 is 0 Å². The van der Waals surface area contributed by atoms with Crippen molar-refractivity contribution in [2.45, 2.75) is 78.3 Å². The SMILES string of the molecule is [2H]C([2H])([2H])C(c1cc(-c2cccc3c4ccccc4c4ccccc4c4cccc5c4n(c23)[CH-]N5c2[c-]c(Oc3[c-]c4c(cc3)c3ccccc3n4-c3cc(C(C)(C)C)ccn3)ncc2)cc(C(C)(C)C)c1)(C([2H])([2H])[2H])C([2H])([2H])[2H].[Pt]. The van der Waals surface area contributed by atoms with Crippen LogP contribution in [0, 0.1) is 18.8 Å². The number of pyridine rings is 2. The van der Waals surface area contributed by atoms with Gasteiger partial charge < -0.3 is 18.8 Å². The van der Waals surface area contributed by atoms with E-state index in [1.54, 1.807) is 6.20 Å². The molecule has 0 atom stereocenters. The molecule has 360 valence electrons. The molecule has 0 amide bonds. The van der Waals surface area contributed by atoms with Crippen LogP contribution < -0.4 is 9.64 Å². The molecule has 1 aliphatic rings. The number of rotatable bonds is 5. The van der Waals surface area contributed by atoms with E-state index in [1.807, 2.05) is 130 Å². The molecule has 0 bridgehead atoms. The molecule has 0 saturated heterocycles. The summed E-state index contributed by atoms with van der Waals surface area (Å²) >= 11 is 0. The van der Waals surface area contributed by atoms with Gasteiger partial charge in [-0.3, -0.25) is 4.98 Å². The van der Waals surface area contributed by atoms with Crippen LogP contribution in [0.3, 0.4) is 0 Å². The summed E-state index contributed by atoms with van der Waals surface area (Å²) in [4.78, 5) is 11.6. The second-order valence-electron chi connectivity index (χ2n) is 20.6. The Labute approximate surface area is 449 Å². The van der Waals surface area contributed by atoms with Gasteiger partial charge in [-0.1, -0.05) is 183 Å². The first-order chi connectivity index (χ1) is 37.8. The number of benzene rings is 7. The van der Waals surface area contributed by atoms with Crippen LogP contribution in [0.5, 0.6) is 11.6 Å². The molecule has 0 saturated carbocycles. The standard InChI is InChI=1S/C65H56N5O.Pt/c1-63(2,3)42-30-32-66-59(37-42)70-56-26-15-14-22-52(56)53-29-28-46(39-58(53)70)71-60-38-45(31-33-67-60)68-40-69-61-47(41-34-43(64(4,5)6)36-44(35-41)65(7,8)9)23-16-24-54(61)50-20-12-10-18-48(50)49-19-11-13-21-51(49)55-25-17-27-57(68)62(55)69;/h10-37,40H,1-9H3;/q-3;/i4D3,5D3,6D3;. The van der Waals surface area contributed by atoms with E-state index in [1.165, 1.54) is 12.1 Å². The number of anilines is 2. The van der Waals surface area contributed by atoms with E-state index in [0.717, 1.165) is 76.7 Å². The van der Waals surface area contributed by atoms with Gasteiger partial charge in [0.05, 0.1) is 0 Å². The minimum absolute atomic E-state index is 0. The van der Waals surface area contributed by atoms with Crippen LogP contribution in [0.2, 0.25) is 0 Å². The third-order valence-corrected chi connectivity index (χ3v) is 13.8. The van der Waals surface area contributed by atoms with Crippen molar-refractivity contribution in [2.75, 3.05) is 4.90 Å². The van der Waals surface area contributed by atoms with Gasteiger partial charge >= 0.3 is 0 Å². The molecule has 7 heteroatoms. The third-order valence-electron chi connectivity index (χ3n) is 13.8. The minimum Gasteiger partial charge on any atom is -0.484 e. The molecule has 0 unspecified atom stereocenters. The third kappa shape index (κ3) is 7.97. The number of ether oxygens (including phenoxy) is 1. The summed E-state index contributed by atoms with van der Waals surface area (Å²) < 4.78 is 89.9. The summed E-state index contributed by atoms with van der Waals surface area (Å²) in [5.41, 5.74) is 3.11. The predicted octanol–water partition coefficient (Wildman–Crippen LogP) is 17.2. The maximum atomic E-state index is 8.78. The number of fused-ring (bicyclic) bond motifs is 10. The topological polar surface area (TPSA) is 48.1 Å². The van der Waals surface area contributed by atoms with E-state index in [2.05, 4.69) is 102 Å². The summed E-state index contributed by atoms with van der Waals surface area (Å²) in [5.74, 6) is 1.40. The molecule has 11 aromatic rings. The van der Waals surface area contributed by atoms with Crippen LogP contribution in [0.15, 0.2) is 170 Å². The first-order valence-electron chi connectivity index (χ1n) is 28.4. The van der Waals surface area contributed by atoms with Crippen molar-refractivity contribution in [1.82, 2.24) is 19.1 Å². The first-order valence-corrected chi connectivity index (χ1v) is 23.9. The van der Waals surface area contributed by atoms with Gasteiger partial charge in [-0.05, 0) is 136 Å². The molecule has 0 aliphatic carbocycles. The number of aromatic nitrogens is 4. The summed E-state index contributed by atoms with van der Waals surface area (Å²) in [6.45, 7) is 3.90. The van der Waals surface area contributed by atoms with Gasteiger partial charge in [0, 0.05) is 50.9 Å². The van der Waals surface area contributed by atoms with Crippen LogP contribution in [-0.2, 0) is 37.3 Å². The summed E-state index contributed by atoms with van der Waals surface area (Å²) in [6.07, 6.45) is 3.53. The predicted molar refractivity (Wildman–Crippen MR) is 296 cm³/mol. The Morgan fingerprint density at radius 2 is 1.12 bits per heavy atom. The van der Waals surface area contributed by atoms with Crippen molar-refractivity contribution in [2.24, 2.45) is 0 Å². The second-order valence-corrected chi connectivity index (χ2v) is 20.6. The first kappa shape index (κ1) is 37.4. The fraction of sp³-hybridized carbons (Fsp3) is 0.185. The summed E-state index contributed by atoms with van der Waals surface area (Å²) in [7, 11) is 0. The normalized spacial score (nSPS) is 15.1. The zero-order chi connectivity index (χ0) is 56.5. The van der Waals surface area contributed by atoms with E-state index in [-0.39, 0.29) is 37.9 Å². The van der Waals surface area contributed by atoms with E-state index in [0.29, 0.717) is 33.6 Å². The van der Waals surface area contributed by atoms with E-state index >= 15 is 0 Å². The molecule has 0 fully saturated rings. The fourth-order valence-electron chi connectivity index (χ4n) is 10.2. The van der Waals surface area contributed by atoms with Crippen LogP contribution in [0.4, 0.5) is 11.4 Å². The van der Waals surface area contributed by atoms with Crippen molar-refractivity contribution in [3.05, 3.63) is 206 Å². The molecule has 0 radical (unpaired) electrons. The second kappa shape index (κ2) is 17.4. The van der Waals surface area contributed by atoms with Gasteiger partial charge in [0.1, 0.15) is 11.7 Å². The van der Waals surface area contributed by atoms with Gasteiger partial charge in [-0.15, -0.1) is 23.2 Å². The minimum atomic E-state index is -3.48. The molecule has 72 heavy (non-hydrogen) atoms. The van der Waals surface area contributed by atoms with Gasteiger partial charge in [-0.2, -0.15) is 18.2 Å². The van der Waals surface area contributed by atoms with E-state index in [9.17, 15) is 0 Å². The Morgan fingerprint density at radius 3 is 1.81 bits per heavy atom. The number of para-hydroxylation sites is 3. The van der Waals surface area contributed by atoms with Crippen molar-refractivity contribution >= 4 is 76.5 Å². The molecule has 5 heterocycles. The molecule has 0 spiro atoms. The van der Waals surface area contributed by atoms with Crippen molar-refractivity contribution < 1.29 is 38.1 Å². The van der Waals surface area contributed by atoms with Crippen molar-refractivity contribution in [3.8, 4) is 28.6 Å². The van der Waals surface area contributed by atoms with Gasteiger partial charge in [0.25, 0.3) is 0 Å². The average Bonchev–Trinajstić information content (AvgIpc) is 4.19. The van der Waals surface area contributed by atoms with Crippen molar-refractivity contribution in [3.63, 3.8) is 0 Å².